The first-order valence-corrected chi connectivity index (χ1v) is 12.2. The van der Waals surface area contributed by atoms with Gasteiger partial charge in [0, 0.05) is 26.2 Å². The number of carbonyl (C=O) groups excluding carboxylic acids is 1. The number of ether oxygens (including phenoxy) is 2. The fourth-order valence-electron chi connectivity index (χ4n) is 3.17. The number of morpholine rings is 1. The molecule has 1 saturated heterocycles. The smallest absolute Gasteiger partial charge is 0.243 e. The molecule has 1 N–H and O–H groups in total. The van der Waals surface area contributed by atoms with Gasteiger partial charge >= 0.3 is 0 Å². The topological polar surface area (TPSA) is 88.2 Å². The van der Waals surface area contributed by atoms with Gasteiger partial charge in [-0.2, -0.15) is 4.31 Å². The van der Waals surface area contributed by atoms with Crippen molar-refractivity contribution in [3.8, 4) is 5.75 Å². The van der Waals surface area contributed by atoms with Crippen molar-refractivity contribution in [2.75, 3.05) is 53.0 Å². The Morgan fingerprint density at radius 3 is 2.53 bits per heavy atom. The number of likely N-dealkylation sites (N-methyl/N-ethyl adjacent to an activating group) is 1. The molecule has 1 heterocycles. The third-order valence-electron chi connectivity index (χ3n) is 5.00. The summed E-state index contributed by atoms with van der Waals surface area (Å²) in [4.78, 5) is 14.3. The van der Waals surface area contributed by atoms with Crippen molar-refractivity contribution >= 4 is 27.5 Å². The highest BCUT2D eigenvalue weighted by atomic mass is 35.5. The van der Waals surface area contributed by atoms with Crippen LogP contribution in [0.25, 0.3) is 0 Å². The summed E-state index contributed by atoms with van der Waals surface area (Å²) >= 11 is 6.05. The molecule has 0 aliphatic carbocycles. The van der Waals surface area contributed by atoms with E-state index in [1.54, 1.807) is 36.4 Å². The Morgan fingerprint density at radius 1 is 1.16 bits per heavy atom. The lowest BCUT2D eigenvalue weighted by atomic mass is 10.2. The third kappa shape index (κ3) is 6.91. The number of benzene rings is 2. The average molecular weight is 482 g/mol. The number of hydrogen-bond acceptors (Lipinski definition) is 6. The molecule has 1 fully saturated rings. The van der Waals surface area contributed by atoms with E-state index in [9.17, 15) is 13.2 Å². The summed E-state index contributed by atoms with van der Waals surface area (Å²) in [6, 6.07) is 13.8. The van der Waals surface area contributed by atoms with Gasteiger partial charge in [0.15, 0.2) is 0 Å². The quantitative estimate of drug-likeness (QED) is 0.558. The standard InChI is InChI=1S/C22H28ClN3O5S/c1-25(10-15-31-21-5-3-2-4-20(21)23)17-22(27)24-16-18-6-8-19(9-7-18)32(28,29)26-11-13-30-14-12-26/h2-9H,10-17H2,1H3,(H,24,27). The molecule has 174 valence electrons. The summed E-state index contributed by atoms with van der Waals surface area (Å²) in [5.74, 6) is 0.487. The maximum absolute atomic E-state index is 12.7. The lowest BCUT2D eigenvalue weighted by Crippen LogP contribution is -2.40. The number of hydrogen-bond donors (Lipinski definition) is 1. The van der Waals surface area contributed by atoms with Crippen LogP contribution < -0.4 is 10.1 Å². The van der Waals surface area contributed by atoms with Gasteiger partial charge in [-0.1, -0.05) is 35.9 Å². The van der Waals surface area contributed by atoms with E-state index in [2.05, 4.69) is 5.32 Å². The number of sulfonamides is 1. The van der Waals surface area contributed by atoms with Gasteiger partial charge in [0.05, 0.1) is 29.7 Å². The number of para-hydroxylation sites is 1. The molecule has 32 heavy (non-hydrogen) atoms. The minimum Gasteiger partial charge on any atom is -0.491 e. The van der Waals surface area contributed by atoms with Gasteiger partial charge in [0.25, 0.3) is 0 Å². The molecular formula is C22H28ClN3O5S. The van der Waals surface area contributed by atoms with Gasteiger partial charge < -0.3 is 14.8 Å². The summed E-state index contributed by atoms with van der Waals surface area (Å²) in [6.45, 7) is 3.04. The van der Waals surface area contributed by atoms with Crippen LogP contribution in [0.15, 0.2) is 53.4 Å². The van der Waals surface area contributed by atoms with E-state index in [1.807, 2.05) is 24.1 Å². The summed E-state index contributed by atoms with van der Waals surface area (Å²) in [5, 5.41) is 3.40. The van der Waals surface area contributed by atoms with Crippen LogP contribution in [0.2, 0.25) is 5.02 Å². The molecule has 1 amide bonds. The summed E-state index contributed by atoms with van der Waals surface area (Å²) in [7, 11) is -1.68. The molecule has 0 atom stereocenters. The highest BCUT2D eigenvalue weighted by Crippen LogP contribution is 2.22. The first kappa shape index (κ1) is 24.5. The van der Waals surface area contributed by atoms with Crippen LogP contribution in [0.5, 0.6) is 5.75 Å². The maximum Gasteiger partial charge on any atom is 0.243 e. The molecule has 0 radical (unpaired) electrons. The summed E-state index contributed by atoms with van der Waals surface area (Å²) < 4.78 is 37.6. The zero-order chi connectivity index (χ0) is 23.0. The van der Waals surface area contributed by atoms with Crippen molar-refractivity contribution in [2.45, 2.75) is 11.4 Å². The van der Waals surface area contributed by atoms with Gasteiger partial charge in [-0.15, -0.1) is 0 Å². The number of nitrogens with zero attached hydrogens (tertiary/aromatic N) is 2. The average Bonchev–Trinajstić information content (AvgIpc) is 2.80. The Morgan fingerprint density at radius 2 is 1.84 bits per heavy atom. The number of halogens is 1. The predicted molar refractivity (Wildman–Crippen MR) is 122 cm³/mol. The Kier molecular flexibility index (Phi) is 8.89. The third-order valence-corrected chi connectivity index (χ3v) is 7.23. The zero-order valence-electron chi connectivity index (χ0n) is 18.0. The molecule has 10 heteroatoms. The largest absolute Gasteiger partial charge is 0.491 e. The minimum atomic E-state index is -3.52. The fraction of sp³-hybridized carbons (Fsp3) is 0.409. The normalized spacial score (nSPS) is 15.0. The van der Waals surface area contributed by atoms with Crippen LogP contribution in [0.4, 0.5) is 0 Å². The van der Waals surface area contributed by atoms with Gasteiger partial charge in [-0.25, -0.2) is 8.42 Å². The van der Waals surface area contributed by atoms with Crippen LogP contribution in [-0.2, 0) is 26.1 Å². The second kappa shape index (κ2) is 11.6. The highest BCUT2D eigenvalue weighted by molar-refractivity contribution is 7.89. The van der Waals surface area contributed by atoms with E-state index in [0.717, 1.165) is 5.56 Å². The van der Waals surface area contributed by atoms with E-state index < -0.39 is 10.0 Å². The van der Waals surface area contributed by atoms with Crippen molar-refractivity contribution in [2.24, 2.45) is 0 Å². The Hall–Kier alpha value is -2.17. The molecule has 1 aliphatic rings. The molecule has 1 aliphatic heterocycles. The first-order valence-electron chi connectivity index (χ1n) is 10.4. The monoisotopic (exact) mass is 481 g/mol. The molecule has 8 nitrogen and oxygen atoms in total. The van der Waals surface area contributed by atoms with E-state index in [4.69, 9.17) is 21.1 Å². The summed E-state index contributed by atoms with van der Waals surface area (Å²) in [6.07, 6.45) is 0. The van der Waals surface area contributed by atoms with Crippen LogP contribution in [0.1, 0.15) is 5.56 Å². The van der Waals surface area contributed by atoms with E-state index in [1.165, 1.54) is 4.31 Å². The first-order chi connectivity index (χ1) is 15.4. The molecule has 0 bridgehead atoms. The Labute approximate surface area is 194 Å². The molecular weight excluding hydrogens is 454 g/mol. The van der Waals surface area contributed by atoms with Gasteiger partial charge in [-0.05, 0) is 36.9 Å². The van der Waals surface area contributed by atoms with E-state index in [-0.39, 0.29) is 17.3 Å². The predicted octanol–water partition coefficient (Wildman–Crippen LogP) is 1.99. The molecule has 0 aromatic heterocycles. The van der Waals surface area contributed by atoms with Gasteiger partial charge in [-0.3, -0.25) is 9.69 Å². The Bertz CT molecular complexity index is 995. The number of nitrogens with one attached hydrogen (secondary N) is 1. The second-order valence-electron chi connectivity index (χ2n) is 7.45. The van der Waals surface area contributed by atoms with Crippen LogP contribution >= 0.6 is 11.6 Å². The van der Waals surface area contributed by atoms with Crippen LogP contribution in [0, 0.1) is 0 Å². The van der Waals surface area contributed by atoms with E-state index in [0.29, 0.717) is 56.8 Å². The lowest BCUT2D eigenvalue weighted by molar-refractivity contribution is -0.122. The van der Waals surface area contributed by atoms with Crippen LogP contribution in [-0.4, -0.2) is 76.6 Å². The number of amides is 1. The summed E-state index contributed by atoms with van der Waals surface area (Å²) in [5.41, 5.74) is 0.823. The zero-order valence-corrected chi connectivity index (χ0v) is 19.6. The van der Waals surface area contributed by atoms with E-state index >= 15 is 0 Å². The maximum atomic E-state index is 12.7. The van der Waals surface area contributed by atoms with Crippen molar-refractivity contribution < 1.29 is 22.7 Å². The molecule has 3 rings (SSSR count). The lowest BCUT2D eigenvalue weighted by Gasteiger charge is -2.26. The van der Waals surface area contributed by atoms with Crippen molar-refractivity contribution in [3.05, 3.63) is 59.1 Å². The van der Waals surface area contributed by atoms with Crippen LogP contribution in [0.3, 0.4) is 0 Å². The number of carbonyl (C=O) groups is 1. The van der Waals surface area contributed by atoms with Crippen molar-refractivity contribution in [3.63, 3.8) is 0 Å². The molecule has 0 spiro atoms. The van der Waals surface area contributed by atoms with Crippen molar-refractivity contribution in [1.82, 2.24) is 14.5 Å². The Balaban J connectivity index is 1.41. The number of rotatable bonds is 10. The fourth-order valence-corrected chi connectivity index (χ4v) is 4.77. The molecule has 0 unspecified atom stereocenters. The van der Waals surface area contributed by atoms with Crippen molar-refractivity contribution in [1.29, 1.82) is 0 Å². The highest BCUT2D eigenvalue weighted by Gasteiger charge is 2.26. The minimum absolute atomic E-state index is 0.129. The molecule has 2 aromatic carbocycles. The second-order valence-corrected chi connectivity index (χ2v) is 9.80. The molecule has 0 saturated carbocycles. The SMILES string of the molecule is CN(CCOc1ccccc1Cl)CC(=O)NCc1ccc(S(=O)(=O)N2CCOCC2)cc1. The van der Waals surface area contributed by atoms with Gasteiger partial charge in [0.2, 0.25) is 15.9 Å². The van der Waals surface area contributed by atoms with Gasteiger partial charge in [0.1, 0.15) is 12.4 Å². The molecule has 2 aromatic rings.